The molecule has 0 radical (unpaired) electrons. The summed E-state index contributed by atoms with van der Waals surface area (Å²) in [7, 11) is 0. The van der Waals surface area contributed by atoms with Crippen molar-refractivity contribution in [1.29, 1.82) is 0 Å². The number of nitrogens with zero attached hydrogens (tertiary/aromatic N) is 1. The van der Waals surface area contributed by atoms with Crippen molar-refractivity contribution < 1.29 is 14.7 Å². The van der Waals surface area contributed by atoms with Crippen molar-refractivity contribution in [3.05, 3.63) is 41.4 Å². The van der Waals surface area contributed by atoms with Crippen molar-refractivity contribution in [2.75, 3.05) is 4.93 Å². The van der Waals surface area contributed by atoms with Gasteiger partial charge in [-0.25, -0.2) is 0 Å². The van der Waals surface area contributed by atoms with E-state index in [4.69, 9.17) is 0 Å². The van der Waals surface area contributed by atoms with Gasteiger partial charge in [0.1, 0.15) is 5.76 Å². The number of alkyl halides is 1. The topological polar surface area (TPSA) is 67.3 Å². The van der Waals surface area contributed by atoms with Crippen LogP contribution in [0.2, 0.25) is 0 Å². The fraction of sp³-hybridized carbons (Fsp3) is 0.438. The highest BCUT2D eigenvalue weighted by Gasteiger charge is 2.33. The quantitative estimate of drug-likeness (QED) is 0.275. The van der Waals surface area contributed by atoms with Gasteiger partial charge in [-0.15, -0.1) is 0 Å². The van der Waals surface area contributed by atoms with Crippen LogP contribution in [0.4, 0.5) is 0 Å². The number of allylic oxidation sites excluding steroid dienone is 2. The lowest BCUT2D eigenvalue weighted by atomic mass is 9.80. The van der Waals surface area contributed by atoms with Gasteiger partial charge in [-0.1, -0.05) is 35.6 Å². The van der Waals surface area contributed by atoms with Crippen LogP contribution in [0.25, 0.3) is 0 Å². The summed E-state index contributed by atoms with van der Waals surface area (Å²) in [6.45, 7) is 1.90. The first-order valence-electron chi connectivity index (χ1n) is 6.89. The Labute approximate surface area is 138 Å². The summed E-state index contributed by atoms with van der Waals surface area (Å²) in [6.07, 6.45) is 4.97. The highest BCUT2D eigenvalue weighted by Crippen LogP contribution is 2.32. The molecule has 5 heteroatoms. The number of hydrogen-bond acceptors (Lipinski definition) is 4. The first-order chi connectivity index (χ1) is 10.1. The molecule has 2 rings (SSSR count). The zero-order valence-electron chi connectivity index (χ0n) is 12.3. The molecule has 0 aromatic carbocycles. The van der Waals surface area contributed by atoms with E-state index in [1.165, 1.54) is 0 Å². The van der Waals surface area contributed by atoms with Crippen LogP contribution in [0, 0.1) is 0 Å². The Morgan fingerprint density at radius 2 is 1.95 bits per heavy atom. The lowest BCUT2D eigenvalue weighted by Crippen LogP contribution is -2.26. The van der Waals surface area contributed by atoms with Gasteiger partial charge in [0.2, 0.25) is 0 Å². The minimum atomic E-state index is -0.254. The Morgan fingerprint density at radius 1 is 1.33 bits per heavy atom. The minimum absolute atomic E-state index is 0.0157. The Hall–Kier alpha value is -1.24. The van der Waals surface area contributed by atoms with Gasteiger partial charge in [0.25, 0.3) is 0 Å². The summed E-state index contributed by atoms with van der Waals surface area (Å²) >= 11 is 2.15. The first-order valence-corrected chi connectivity index (χ1v) is 9.05. The smallest absolute Gasteiger partial charge is 0.170 e. The number of aliphatic hydroxyl groups is 1. The summed E-state index contributed by atoms with van der Waals surface area (Å²) in [5.74, 6) is -0.680. The molecule has 1 aromatic heterocycles. The third kappa shape index (κ3) is 4.62. The Bertz CT molecular complexity index is 506. The van der Waals surface area contributed by atoms with Gasteiger partial charge < -0.3 is 5.11 Å². The zero-order chi connectivity index (χ0) is 15.8. The van der Waals surface area contributed by atoms with Crippen LogP contribution in [0.15, 0.2) is 35.9 Å². The third-order valence-electron chi connectivity index (χ3n) is 3.35. The standard InChI is InChI=1S/C15H17NO3.CH3I/c1-2-4-12(17)15-13(18)7-11(8-14(15)19)10-5-3-6-16-9-10;1-2/h3,5-6,9,11,17H,2,4,7-8H2,1H3;1H3. The number of carbonyl (C=O) groups excluding carboxylic acids is 2. The van der Waals surface area contributed by atoms with Gasteiger partial charge in [0.05, 0.1) is 5.57 Å². The zero-order valence-corrected chi connectivity index (χ0v) is 14.5. The van der Waals surface area contributed by atoms with E-state index in [2.05, 4.69) is 27.6 Å². The van der Waals surface area contributed by atoms with Gasteiger partial charge >= 0.3 is 0 Å². The minimum Gasteiger partial charge on any atom is -0.511 e. The molecule has 1 heterocycles. The number of halogens is 1. The molecule has 1 fully saturated rings. The number of Topliss-reactive ketones (excluding diaryl/α,β-unsaturated/α-hetero) is 2. The second kappa shape index (κ2) is 8.92. The molecule has 0 aliphatic heterocycles. The third-order valence-corrected chi connectivity index (χ3v) is 3.35. The number of ketones is 2. The molecule has 0 spiro atoms. The van der Waals surface area contributed by atoms with Gasteiger partial charge in [-0.05, 0) is 28.9 Å². The van der Waals surface area contributed by atoms with E-state index in [9.17, 15) is 14.7 Å². The van der Waals surface area contributed by atoms with E-state index in [1.807, 2.05) is 17.9 Å². The highest BCUT2D eigenvalue weighted by molar-refractivity contribution is 14.1. The highest BCUT2D eigenvalue weighted by atomic mass is 127. The molecule has 0 atom stereocenters. The average molecular weight is 401 g/mol. The second-order valence-corrected chi connectivity index (χ2v) is 4.81. The number of hydrogen-bond donors (Lipinski definition) is 1. The lowest BCUT2D eigenvalue weighted by molar-refractivity contribution is -0.124. The Morgan fingerprint density at radius 3 is 2.43 bits per heavy atom. The van der Waals surface area contributed by atoms with Crippen LogP contribution in [0.3, 0.4) is 0 Å². The maximum absolute atomic E-state index is 12.0. The molecule has 1 aliphatic rings. The van der Waals surface area contributed by atoms with Crippen LogP contribution < -0.4 is 0 Å². The van der Waals surface area contributed by atoms with E-state index in [1.54, 1.807) is 18.5 Å². The van der Waals surface area contributed by atoms with Crippen LogP contribution >= 0.6 is 22.6 Å². The van der Waals surface area contributed by atoms with Gasteiger partial charge in [-0.3, -0.25) is 14.6 Å². The number of aliphatic hydroxyl groups excluding tert-OH is 1. The Kier molecular flexibility index (Phi) is 7.56. The van der Waals surface area contributed by atoms with Crippen molar-refractivity contribution in [3.63, 3.8) is 0 Å². The van der Waals surface area contributed by atoms with Crippen LogP contribution in [-0.2, 0) is 9.59 Å². The number of carbonyl (C=O) groups is 2. The summed E-state index contributed by atoms with van der Waals surface area (Å²) < 4.78 is 0. The van der Waals surface area contributed by atoms with Crippen molar-refractivity contribution in [3.8, 4) is 0 Å². The summed E-state index contributed by atoms with van der Waals surface area (Å²) in [4.78, 5) is 30.1. The maximum Gasteiger partial charge on any atom is 0.170 e. The fourth-order valence-corrected chi connectivity index (χ4v) is 2.42. The lowest BCUT2D eigenvalue weighted by Gasteiger charge is -2.22. The summed E-state index contributed by atoms with van der Waals surface area (Å²) in [5, 5.41) is 9.80. The predicted octanol–water partition coefficient (Wildman–Crippen LogP) is 3.76. The number of pyridine rings is 1. The molecule has 0 amide bonds. The number of rotatable bonds is 3. The van der Waals surface area contributed by atoms with Gasteiger partial charge in [0, 0.05) is 31.7 Å². The second-order valence-electron chi connectivity index (χ2n) is 4.81. The normalized spacial score (nSPS) is 18.0. The largest absolute Gasteiger partial charge is 0.511 e. The summed E-state index contributed by atoms with van der Waals surface area (Å²) in [6, 6.07) is 3.67. The maximum atomic E-state index is 12.0. The monoisotopic (exact) mass is 401 g/mol. The predicted molar refractivity (Wildman–Crippen MR) is 90.7 cm³/mol. The van der Waals surface area contributed by atoms with Gasteiger partial charge in [0.15, 0.2) is 11.6 Å². The first kappa shape index (κ1) is 17.8. The average Bonchev–Trinajstić information content (AvgIpc) is 2.49. The van der Waals surface area contributed by atoms with E-state index in [0.717, 1.165) is 5.56 Å². The van der Waals surface area contributed by atoms with Crippen LogP contribution in [0.1, 0.15) is 44.1 Å². The molecule has 21 heavy (non-hydrogen) atoms. The fourth-order valence-electron chi connectivity index (χ4n) is 2.42. The van der Waals surface area contributed by atoms with E-state index >= 15 is 0 Å². The van der Waals surface area contributed by atoms with Crippen molar-refractivity contribution in [1.82, 2.24) is 4.98 Å². The van der Waals surface area contributed by atoms with Crippen molar-refractivity contribution in [2.45, 2.75) is 38.5 Å². The molecule has 1 N–H and O–H groups in total. The molecule has 0 bridgehead atoms. The van der Waals surface area contributed by atoms with Gasteiger partial charge in [-0.2, -0.15) is 0 Å². The van der Waals surface area contributed by atoms with Crippen molar-refractivity contribution in [2.24, 2.45) is 0 Å². The van der Waals surface area contributed by atoms with E-state index in [0.29, 0.717) is 12.8 Å². The van der Waals surface area contributed by atoms with E-state index in [-0.39, 0.29) is 41.7 Å². The van der Waals surface area contributed by atoms with Crippen LogP contribution in [-0.4, -0.2) is 26.6 Å². The molecule has 1 aliphatic carbocycles. The van der Waals surface area contributed by atoms with E-state index < -0.39 is 0 Å². The molecule has 4 nitrogen and oxygen atoms in total. The molecule has 0 unspecified atom stereocenters. The number of aromatic nitrogens is 1. The summed E-state index contributed by atoms with van der Waals surface area (Å²) in [5.41, 5.74) is 0.917. The molecule has 1 aromatic rings. The molecule has 0 saturated heterocycles. The Balaban J connectivity index is 0.00000106. The molecular weight excluding hydrogens is 381 g/mol. The van der Waals surface area contributed by atoms with Crippen LogP contribution in [0.5, 0.6) is 0 Å². The molecule has 1 saturated carbocycles. The van der Waals surface area contributed by atoms with Crippen molar-refractivity contribution >= 4 is 34.2 Å². The molecule has 114 valence electrons. The SMILES string of the molecule is CCCC(O)=C1C(=O)CC(c2cccnc2)CC1=O.CI. The molecular formula is C16H20INO3.